The third kappa shape index (κ3) is 4.78. The van der Waals surface area contributed by atoms with Crippen molar-refractivity contribution in [1.29, 1.82) is 0 Å². The van der Waals surface area contributed by atoms with E-state index in [1.807, 2.05) is 26.1 Å². The van der Waals surface area contributed by atoms with Crippen molar-refractivity contribution in [2.75, 3.05) is 11.9 Å². The van der Waals surface area contributed by atoms with E-state index in [9.17, 15) is 17.6 Å². The van der Waals surface area contributed by atoms with Crippen LogP contribution in [0.3, 0.4) is 0 Å². The Morgan fingerprint density at radius 3 is 2.39 bits per heavy atom. The molecule has 5 aromatic rings. The smallest absolute Gasteiger partial charge is 0.294 e. The standard InChI is InChI=1S/C19H15FN6O.C7H8O3S/c1-25-18(22-10-23-25)14-9-21-15-4-2-3-13-16(15)17(14)24-26(19(13)27)12-7-5-11(20)6-8-12;1-6-2-4-7(5-3-6)11(8,9)10/h2-8,10,14,21H,9H2,1H3;2-5H,1H3,(H,8,9,10). The van der Waals surface area contributed by atoms with Crippen LogP contribution in [0.2, 0.25) is 0 Å². The second kappa shape index (κ2) is 9.80. The van der Waals surface area contributed by atoms with Crippen LogP contribution in [0.1, 0.15) is 23.0 Å². The molecule has 194 valence electrons. The minimum Gasteiger partial charge on any atom is -0.383 e. The van der Waals surface area contributed by atoms with Gasteiger partial charge >= 0.3 is 0 Å². The predicted molar refractivity (Wildman–Crippen MR) is 140 cm³/mol. The minimum atomic E-state index is -4.02. The van der Waals surface area contributed by atoms with E-state index in [0.29, 0.717) is 17.6 Å². The molecular weight excluding hydrogens is 511 g/mol. The molecule has 0 radical (unpaired) electrons. The largest absolute Gasteiger partial charge is 0.383 e. The summed E-state index contributed by atoms with van der Waals surface area (Å²) >= 11 is 0. The Morgan fingerprint density at radius 1 is 1.05 bits per heavy atom. The van der Waals surface area contributed by atoms with E-state index in [0.717, 1.165) is 28.2 Å². The highest BCUT2D eigenvalue weighted by Gasteiger charge is 2.29. The first-order valence-corrected chi connectivity index (χ1v) is 13.0. The van der Waals surface area contributed by atoms with Crippen LogP contribution < -0.4 is 10.9 Å². The summed E-state index contributed by atoms with van der Waals surface area (Å²) in [6.07, 6.45) is 1.50. The molecule has 3 aromatic carbocycles. The predicted octanol–water partition coefficient (Wildman–Crippen LogP) is 3.45. The summed E-state index contributed by atoms with van der Waals surface area (Å²) in [6.45, 7) is 2.43. The molecule has 1 unspecified atom stereocenters. The van der Waals surface area contributed by atoms with E-state index < -0.39 is 10.1 Å². The lowest BCUT2D eigenvalue weighted by atomic mass is 9.94. The van der Waals surface area contributed by atoms with E-state index >= 15 is 0 Å². The van der Waals surface area contributed by atoms with E-state index in [1.54, 1.807) is 35.0 Å². The Kier molecular flexibility index (Phi) is 6.51. The zero-order valence-electron chi connectivity index (χ0n) is 20.4. The maximum atomic E-state index is 13.3. The summed E-state index contributed by atoms with van der Waals surface area (Å²) in [5.74, 6) is 0.231. The van der Waals surface area contributed by atoms with E-state index in [4.69, 9.17) is 4.55 Å². The lowest BCUT2D eigenvalue weighted by Crippen LogP contribution is -2.30. The summed E-state index contributed by atoms with van der Waals surface area (Å²) in [5.41, 5.74) is 2.84. The van der Waals surface area contributed by atoms with Gasteiger partial charge < -0.3 is 5.32 Å². The molecule has 2 aromatic heterocycles. The minimum absolute atomic E-state index is 0.0666. The Bertz CT molecular complexity index is 1800. The summed E-state index contributed by atoms with van der Waals surface area (Å²) in [6, 6.07) is 17.3. The Balaban J connectivity index is 0.000000226. The fourth-order valence-corrected chi connectivity index (χ4v) is 4.81. The van der Waals surface area contributed by atoms with Crippen molar-refractivity contribution >= 4 is 26.6 Å². The highest BCUT2D eigenvalue weighted by atomic mass is 32.2. The number of rotatable bonds is 3. The number of benzene rings is 3. The van der Waals surface area contributed by atoms with Crippen LogP contribution in [0, 0.1) is 12.7 Å². The van der Waals surface area contributed by atoms with Crippen molar-refractivity contribution in [3.05, 3.63) is 106 Å². The maximum absolute atomic E-state index is 13.3. The molecule has 0 amide bonds. The van der Waals surface area contributed by atoms with Crippen molar-refractivity contribution in [2.24, 2.45) is 7.05 Å². The lowest BCUT2D eigenvalue weighted by Gasteiger charge is -2.26. The molecule has 6 rings (SSSR count). The average Bonchev–Trinajstić information content (AvgIpc) is 3.32. The second-order valence-electron chi connectivity index (χ2n) is 8.77. The third-order valence-electron chi connectivity index (χ3n) is 6.23. The van der Waals surface area contributed by atoms with Crippen LogP contribution in [0.4, 0.5) is 10.1 Å². The number of aromatic nitrogens is 5. The topological polar surface area (TPSA) is 132 Å². The number of halogens is 1. The van der Waals surface area contributed by atoms with Gasteiger partial charge in [-0.05, 0) is 55.5 Å². The molecule has 0 spiro atoms. The van der Waals surface area contributed by atoms with Crippen LogP contribution in [0.5, 0.6) is 0 Å². The first-order valence-electron chi connectivity index (χ1n) is 11.6. The summed E-state index contributed by atoms with van der Waals surface area (Å²) in [5, 5.41) is 13.5. The van der Waals surface area contributed by atoms with Gasteiger partial charge in [-0.25, -0.2) is 9.37 Å². The monoisotopic (exact) mass is 534 g/mol. The quantitative estimate of drug-likeness (QED) is 0.337. The number of nitrogens with one attached hydrogen (secondary N) is 1. The number of hydrogen-bond donors (Lipinski definition) is 2. The van der Waals surface area contributed by atoms with Gasteiger partial charge in [-0.2, -0.15) is 23.3 Å². The number of aryl methyl sites for hydroxylation is 2. The Labute approximate surface area is 217 Å². The second-order valence-corrected chi connectivity index (χ2v) is 10.2. The van der Waals surface area contributed by atoms with Crippen molar-refractivity contribution in [3.63, 3.8) is 0 Å². The van der Waals surface area contributed by atoms with E-state index in [-0.39, 0.29) is 22.2 Å². The number of nitrogens with zero attached hydrogens (tertiary/aromatic N) is 5. The average molecular weight is 535 g/mol. The van der Waals surface area contributed by atoms with Crippen molar-refractivity contribution in [3.8, 4) is 5.69 Å². The van der Waals surface area contributed by atoms with Crippen LogP contribution in [0.15, 0.2) is 82.7 Å². The van der Waals surface area contributed by atoms with Crippen molar-refractivity contribution < 1.29 is 17.4 Å². The molecule has 0 aliphatic carbocycles. The highest BCUT2D eigenvalue weighted by molar-refractivity contribution is 7.85. The van der Waals surface area contributed by atoms with Gasteiger partial charge in [-0.1, -0.05) is 23.8 Å². The first kappa shape index (κ1) is 25.2. The molecule has 0 saturated heterocycles. The van der Waals surface area contributed by atoms with Gasteiger partial charge in [0.15, 0.2) is 0 Å². The maximum Gasteiger partial charge on any atom is 0.294 e. The van der Waals surface area contributed by atoms with Gasteiger partial charge in [0.05, 0.1) is 27.6 Å². The summed E-state index contributed by atoms with van der Waals surface area (Å²) < 4.78 is 45.9. The lowest BCUT2D eigenvalue weighted by molar-refractivity contribution is 0.483. The third-order valence-corrected chi connectivity index (χ3v) is 7.09. The molecule has 1 aliphatic heterocycles. The number of hydrogen-bond acceptors (Lipinski definition) is 7. The zero-order chi connectivity index (χ0) is 27.0. The molecule has 0 fully saturated rings. The molecule has 0 bridgehead atoms. The highest BCUT2D eigenvalue weighted by Crippen LogP contribution is 2.35. The van der Waals surface area contributed by atoms with Crippen LogP contribution in [0.25, 0.3) is 16.5 Å². The van der Waals surface area contributed by atoms with Crippen LogP contribution >= 0.6 is 0 Å². The first-order chi connectivity index (χ1) is 18.1. The molecule has 3 heterocycles. The Hall–Kier alpha value is -4.42. The van der Waals surface area contributed by atoms with Crippen LogP contribution in [-0.4, -0.2) is 44.1 Å². The molecule has 2 N–H and O–H groups in total. The van der Waals surface area contributed by atoms with Gasteiger partial charge in [0.1, 0.15) is 18.0 Å². The molecule has 12 heteroatoms. The zero-order valence-corrected chi connectivity index (χ0v) is 21.2. The van der Waals surface area contributed by atoms with E-state index in [2.05, 4.69) is 20.5 Å². The fourth-order valence-electron chi connectivity index (χ4n) is 4.33. The van der Waals surface area contributed by atoms with Gasteiger partial charge in [-0.3, -0.25) is 14.0 Å². The molecule has 10 nitrogen and oxygen atoms in total. The van der Waals surface area contributed by atoms with Crippen LogP contribution in [-0.2, 0) is 17.2 Å². The van der Waals surface area contributed by atoms with Gasteiger partial charge in [0, 0.05) is 24.7 Å². The van der Waals surface area contributed by atoms with E-state index in [1.165, 1.54) is 35.3 Å². The fraction of sp³-hybridized carbons (Fsp3) is 0.154. The molecule has 1 atom stereocenters. The SMILES string of the molecule is Cc1ccc(S(=O)(=O)O)cc1.Cn1ncnc1C1CNc2cccc3c(=O)n(-c4ccc(F)cc4)nc1c23. The molecular formula is C26H23FN6O4S. The van der Waals surface area contributed by atoms with Crippen molar-refractivity contribution in [2.45, 2.75) is 17.7 Å². The normalized spacial score (nSPS) is 14.5. The summed E-state index contributed by atoms with van der Waals surface area (Å²) in [4.78, 5) is 17.4. The van der Waals surface area contributed by atoms with Gasteiger partial charge in [0.2, 0.25) is 0 Å². The molecule has 38 heavy (non-hydrogen) atoms. The number of anilines is 1. The van der Waals surface area contributed by atoms with Gasteiger partial charge in [0.25, 0.3) is 15.7 Å². The van der Waals surface area contributed by atoms with Crippen molar-refractivity contribution in [1.82, 2.24) is 24.5 Å². The Morgan fingerprint density at radius 2 is 1.76 bits per heavy atom. The van der Waals surface area contributed by atoms with Gasteiger partial charge in [-0.15, -0.1) is 0 Å². The summed E-state index contributed by atoms with van der Waals surface area (Å²) in [7, 11) is -2.19. The molecule has 0 saturated carbocycles. The molecule has 1 aliphatic rings.